The number of amides is 2. The lowest BCUT2D eigenvalue weighted by atomic mass is 10.2. The Morgan fingerprint density at radius 3 is 2.78 bits per heavy atom. The smallest absolute Gasteiger partial charge is 0.314 e. The van der Waals surface area contributed by atoms with Gasteiger partial charge in [-0.25, -0.2) is 4.79 Å². The lowest BCUT2D eigenvalue weighted by Crippen LogP contribution is -2.35. The van der Waals surface area contributed by atoms with E-state index in [2.05, 4.69) is 16.0 Å². The van der Waals surface area contributed by atoms with Crippen molar-refractivity contribution < 1.29 is 9.72 Å². The zero-order valence-corrected chi connectivity index (χ0v) is 10.5. The second-order valence-electron chi connectivity index (χ2n) is 3.35. The number of hydrogen-bond acceptors (Lipinski definition) is 4. The summed E-state index contributed by atoms with van der Waals surface area (Å²) >= 11 is 5.69. The van der Waals surface area contributed by atoms with Crippen molar-refractivity contribution in [2.75, 3.05) is 25.5 Å². The van der Waals surface area contributed by atoms with Crippen LogP contribution in [0.2, 0.25) is 5.02 Å². The van der Waals surface area contributed by atoms with Crippen molar-refractivity contribution in [3.8, 4) is 0 Å². The predicted molar refractivity (Wildman–Crippen MR) is 69.1 cm³/mol. The summed E-state index contributed by atoms with van der Waals surface area (Å²) in [6.45, 7) is 0.718. The number of nitrogens with one attached hydrogen (secondary N) is 3. The van der Waals surface area contributed by atoms with Crippen LogP contribution < -0.4 is 16.0 Å². The maximum Gasteiger partial charge on any atom is 0.314 e. The SMILES string of the molecule is CNC(=O)NCCNc1ccc(Cl)cc1[N+](=O)[O-]. The zero-order valence-electron chi connectivity index (χ0n) is 9.70. The van der Waals surface area contributed by atoms with Crippen LogP contribution in [0, 0.1) is 10.1 Å². The first kappa shape index (κ1) is 14.0. The Hall–Kier alpha value is -2.02. The standard InChI is InChI=1S/C10H13ClN4O3/c1-12-10(16)14-5-4-13-8-3-2-7(11)6-9(8)15(17)18/h2-3,6,13H,4-5H2,1H3,(H2,12,14,16). The molecule has 0 saturated carbocycles. The van der Waals surface area contributed by atoms with E-state index in [-0.39, 0.29) is 11.7 Å². The second-order valence-corrected chi connectivity index (χ2v) is 3.79. The fourth-order valence-corrected chi connectivity index (χ4v) is 1.43. The molecular formula is C10H13ClN4O3. The Morgan fingerprint density at radius 2 is 2.17 bits per heavy atom. The van der Waals surface area contributed by atoms with E-state index < -0.39 is 4.92 Å². The highest BCUT2D eigenvalue weighted by molar-refractivity contribution is 6.30. The van der Waals surface area contributed by atoms with Gasteiger partial charge in [0, 0.05) is 31.2 Å². The van der Waals surface area contributed by atoms with Gasteiger partial charge in [0.25, 0.3) is 5.69 Å². The fraction of sp³-hybridized carbons (Fsp3) is 0.300. The summed E-state index contributed by atoms with van der Waals surface area (Å²) in [5.41, 5.74) is 0.269. The van der Waals surface area contributed by atoms with E-state index in [4.69, 9.17) is 11.6 Å². The van der Waals surface area contributed by atoms with Gasteiger partial charge in [0.1, 0.15) is 5.69 Å². The number of benzene rings is 1. The van der Waals surface area contributed by atoms with Crippen LogP contribution in [-0.2, 0) is 0 Å². The largest absolute Gasteiger partial charge is 0.378 e. The van der Waals surface area contributed by atoms with Gasteiger partial charge in [-0.05, 0) is 12.1 Å². The van der Waals surface area contributed by atoms with E-state index in [1.54, 1.807) is 6.07 Å². The van der Waals surface area contributed by atoms with Crippen LogP contribution in [0.1, 0.15) is 0 Å². The van der Waals surface area contributed by atoms with Gasteiger partial charge in [0.15, 0.2) is 0 Å². The van der Waals surface area contributed by atoms with Crippen LogP contribution in [0.3, 0.4) is 0 Å². The normalized spacial score (nSPS) is 9.67. The molecule has 1 aromatic carbocycles. The molecule has 0 unspecified atom stereocenters. The number of nitro benzene ring substituents is 1. The number of carbonyl (C=O) groups excluding carboxylic acids is 1. The fourth-order valence-electron chi connectivity index (χ4n) is 1.27. The molecule has 0 aliphatic rings. The molecule has 18 heavy (non-hydrogen) atoms. The molecule has 2 amide bonds. The van der Waals surface area contributed by atoms with E-state index in [9.17, 15) is 14.9 Å². The maximum atomic E-state index is 10.9. The molecule has 0 aromatic heterocycles. The summed E-state index contributed by atoms with van der Waals surface area (Å²) in [7, 11) is 1.51. The average molecular weight is 273 g/mol. The summed E-state index contributed by atoms with van der Waals surface area (Å²) in [6.07, 6.45) is 0. The third kappa shape index (κ3) is 4.10. The molecule has 0 heterocycles. The molecule has 1 aromatic rings. The predicted octanol–water partition coefficient (Wildman–Crippen LogP) is 1.59. The number of rotatable bonds is 5. The Kier molecular flexibility index (Phi) is 5.19. The van der Waals surface area contributed by atoms with Gasteiger partial charge in [0.2, 0.25) is 0 Å². The molecule has 8 heteroatoms. The number of halogens is 1. The molecule has 0 fully saturated rings. The molecule has 7 nitrogen and oxygen atoms in total. The van der Waals surface area contributed by atoms with Crippen LogP contribution in [0.4, 0.5) is 16.2 Å². The quantitative estimate of drug-likeness (QED) is 0.431. The van der Waals surface area contributed by atoms with Gasteiger partial charge in [0.05, 0.1) is 4.92 Å². The Bertz CT molecular complexity index is 453. The van der Waals surface area contributed by atoms with Crippen LogP contribution in [0.5, 0.6) is 0 Å². The van der Waals surface area contributed by atoms with Crippen molar-refractivity contribution in [1.82, 2.24) is 10.6 Å². The van der Waals surface area contributed by atoms with Crippen molar-refractivity contribution in [1.29, 1.82) is 0 Å². The van der Waals surface area contributed by atoms with Crippen molar-refractivity contribution >= 4 is 29.0 Å². The minimum absolute atomic E-state index is 0.0950. The van der Waals surface area contributed by atoms with Gasteiger partial charge in [-0.1, -0.05) is 11.6 Å². The minimum Gasteiger partial charge on any atom is -0.378 e. The highest BCUT2D eigenvalue weighted by Gasteiger charge is 2.13. The topological polar surface area (TPSA) is 96.3 Å². The highest BCUT2D eigenvalue weighted by atomic mass is 35.5. The Labute approximate surface area is 109 Å². The zero-order chi connectivity index (χ0) is 13.5. The molecule has 0 bridgehead atoms. The minimum atomic E-state index is -0.513. The molecule has 0 aliphatic carbocycles. The van der Waals surface area contributed by atoms with Crippen LogP contribution in [0.25, 0.3) is 0 Å². The van der Waals surface area contributed by atoms with Gasteiger partial charge in [-0.2, -0.15) is 0 Å². The Balaban J connectivity index is 2.56. The number of nitrogens with zero attached hydrogens (tertiary/aromatic N) is 1. The van der Waals surface area contributed by atoms with Crippen LogP contribution in [-0.4, -0.2) is 31.1 Å². The summed E-state index contributed by atoms with van der Waals surface area (Å²) in [5, 5.41) is 18.9. The van der Waals surface area contributed by atoms with E-state index in [1.807, 2.05) is 0 Å². The lowest BCUT2D eigenvalue weighted by molar-refractivity contribution is -0.383. The van der Waals surface area contributed by atoms with Crippen molar-refractivity contribution in [2.45, 2.75) is 0 Å². The third-order valence-corrected chi connectivity index (χ3v) is 2.34. The summed E-state index contributed by atoms with van der Waals surface area (Å²) in [6, 6.07) is 4.06. The van der Waals surface area contributed by atoms with Crippen molar-refractivity contribution in [2.24, 2.45) is 0 Å². The maximum absolute atomic E-state index is 10.9. The molecule has 0 saturated heterocycles. The number of nitro groups is 1. The van der Waals surface area contributed by atoms with E-state index in [0.29, 0.717) is 23.8 Å². The third-order valence-electron chi connectivity index (χ3n) is 2.11. The summed E-state index contributed by atoms with van der Waals surface area (Å²) in [4.78, 5) is 21.1. The molecule has 0 radical (unpaired) electrons. The van der Waals surface area contributed by atoms with Gasteiger partial charge in [-0.3, -0.25) is 10.1 Å². The van der Waals surface area contributed by atoms with Crippen molar-refractivity contribution in [3.63, 3.8) is 0 Å². The van der Waals surface area contributed by atoms with Crippen LogP contribution in [0.15, 0.2) is 18.2 Å². The summed E-state index contributed by atoms with van der Waals surface area (Å²) < 4.78 is 0. The number of anilines is 1. The monoisotopic (exact) mass is 272 g/mol. The first-order chi connectivity index (χ1) is 8.54. The first-order valence-corrected chi connectivity index (χ1v) is 5.55. The van der Waals surface area contributed by atoms with E-state index in [0.717, 1.165) is 0 Å². The number of hydrogen-bond donors (Lipinski definition) is 3. The van der Waals surface area contributed by atoms with Gasteiger partial charge >= 0.3 is 6.03 Å². The first-order valence-electron chi connectivity index (χ1n) is 5.18. The van der Waals surface area contributed by atoms with Gasteiger partial charge < -0.3 is 16.0 Å². The molecular weight excluding hydrogens is 260 g/mol. The van der Waals surface area contributed by atoms with E-state index in [1.165, 1.54) is 19.2 Å². The molecule has 0 spiro atoms. The molecule has 0 atom stereocenters. The number of urea groups is 1. The van der Waals surface area contributed by atoms with Crippen molar-refractivity contribution in [3.05, 3.63) is 33.3 Å². The van der Waals surface area contributed by atoms with Crippen LogP contribution >= 0.6 is 11.6 Å². The summed E-state index contributed by atoms with van der Waals surface area (Å²) in [5.74, 6) is 0. The second kappa shape index (κ2) is 6.65. The molecule has 0 aliphatic heterocycles. The Morgan fingerprint density at radius 1 is 1.44 bits per heavy atom. The van der Waals surface area contributed by atoms with Gasteiger partial charge in [-0.15, -0.1) is 0 Å². The molecule has 1 rings (SSSR count). The molecule has 3 N–H and O–H groups in total. The molecule has 98 valence electrons. The van der Waals surface area contributed by atoms with E-state index >= 15 is 0 Å². The number of carbonyl (C=O) groups is 1. The lowest BCUT2D eigenvalue weighted by Gasteiger charge is -2.08. The highest BCUT2D eigenvalue weighted by Crippen LogP contribution is 2.27. The average Bonchev–Trinajstić information content (AvgIpc) is 2.35.